The molecule has 0 saturated heterocycles. The van der Waals surface area contributed by atoms with Crippen molar-refractivity contribution >= 4 is 11.3 Å². The number of anilines is 1. The Labute approximate surface area is 110 Å². The lowest BCUT2D eigenvalue weighted by molar-refractivity contribution is 0.649. The molecular weight excluding hydrogens is 240 g/mol. The van der Waals surface area contributed by atoms with Crippen LogP contribution in [0.25, 0.3) is 16.8 Å². The zero-order chi connectivity index (χ0) is 13.4. The second-order valence-electron chi connectivity index (χ2n) is 5.02. The van der Waals surface area contributed by atoms with Gasteiger partial charge in [0.1, 0.15) is 5.82 Å². The van der Waals surface area contributed by atoms with Crippen molar-refractivity contribution in [1.29, 1.82) is 0 Å². The van der Waals surface area contributed by atoms with E-state index in [1.165, 1.54) is 0 Å². The van der Waals surface area contributed by atoms with Gasteiger partial charge in [-0.2, -0.15) is 10.2 Å². The molecular formula is C13H16N6. The van der Waals surface area contributed by atoms with Crippen molar-refractivity contribution in [2.24, 2.45) is 5.92 Å². The number of nitrogens with two attached hydrogens (primary N) is 1. The molecule has 0 bridgehead atoms. The van der Waals surface area contributed by atoms with Gasteiger partial charge in [0.05, 0.1) is 23.6 Å². The highest BCUT2D eigenvalue weighted by atomic mass is 15.2. The minimum atomic E-state index is 0.513. The van der Waals surface area contributed by atoms with E-state index < -0.39 is 0 Å². The zero-order valence-corrected chi connectivity index (χ0v) is 11.0. The topological polar surface area (TPSA) is 84.9 Å². The maximum absolute atomic E-state index is 5.95. The summed E-state index contributed by atoms with van der Waals surface area (Å²) in [7, 11) is 0. The van der Waals surface area contributed by atoms with E-state index in [4.69, 9.17) is 5.73 Å². The monoisotopic (exact) mass is 256 g/mol. The van der Waals surface area contributed by atoms with Crippen LogP contribution in [-0.4, -0.2) is 24.8 Å². The first-order valence-corrected chi connectivity index (χ1v) is 6.27. The number of nitrogens with one attached hydrogen (secondary N) is 1. The molecule has 0 aromatic carbocycles. The van der Waals surface area contributed by atoms with Crippen LogP contribution in [0.1, 0.15) is 19.4 Å². The quantitative estimate of drug-likeness (QED) is 0.749. The molecule has 0 aliphatic carbocycles. The van der Waals surface area contributed by atoms with Crippen LogP contribution in [0.5, 0.6) is 0 Å². The van der Waals surface area contributed by atoms with Crippen molar-refractivity contribution in [2.75, 3.05) is 5.73 Å². The summed E-state index contributed by atoms with van der Waals surface area (Å²) >= 11 is 0. The molecule has 0 fully saturated rings. The summed E-state index contributed by atoms with van der Waals surface area (Å²) in [5.74, 6) is 1.07. The minimum Gasteiger partial charge on any atom is -0.382 e. The third kappa shape index (κ3) is 1.95. The predicted molar refractivity (Wildman–Crippen MR) is 73.5 cm³/mol. The van der Waals surface area contributed by atoms with Crippen LogP contribution in [0.4, 0.5) is 5.82 Å². The second-order valence-corrected chi connectivity index (χ2v) is 5.02. The molecule has 19 heavy (non-hydrogen) atoms. The zero-order valence-electron chi connectivity index (χ0n) is 11.0. The molecule has 98 valence electrons. The Kier molecular flexibility index (Phi) is 2.70. The fourth-order valence-corrected chi connectivity index (χ4v) is 2.24. The number of H-pyrrole nitrogens is 1. The normalized spacial score (nSPS) is 11.5. The van der Waals surface area contributed by atoms with Crippen LogP contribution in [0, 0.1) is 5.92 Å². The summed E-state index contributed by atoms with van der Waals surface area (Å²) in [6, 6.07) is 0. The first-order valence-electron chi connectivity index (χ1n) is 6.27. The van der Waals surface area contributed by atoms with Crippen LogP contribution in [0.15, 0.2) is 24.8 Å². The number of rotatable bonds is 3. The highest BCUT2D eigenvalue weighted by molar-refractivity contribution is 5.80. The van der Waals surface area contributed by atoms with Crippen LogP contribution in [-0.2, 0) is 6.42 Å². The lowest BCUT2D eigenvalue weighted by atomic mass is 10.00. The number of nitrogen functional groups attached to an aromatic ring is 1. The molecule has 0 unspecified atom stereocenters. The van der Waals surface area contributed by atoms with Gasteiger partial charge in [0.15, 0.2) is 0 Å². The molecule has 3 heterocycles. The van der Waals surface area contributed by atoms with E-state index in [9.17, 15) is 0 Å². The average molecular weight is 256 g/mol. The van der Waals surface area contributed by atoms with E-state index in [0.29, 0.717) is 11.7 Å². The second kappa shape index (κ2) is 4.38. The van der Waals surface area contributed by atoms with Gasteiger partial charge in [-0.25, -0.2) is 4.52 Å². The highest BCUT2D eigenvalue weighted by Crippen LogP contribution is 2.29. The molecule has 0 radical (unpaired) electrons. The third-order valence-electron chi connectivity index (χ3n) is 3.11. The van der Waals surface area contributed by atoms with Crippen molar-refractivity contribution in [2.45, 2.75) is 20.3 Å². The lowest BCUT2D eigenvalue weighted by Crippen LogP contribution is -1.99. The van der Waals surface area contributed by atoms with E-state index in [1.54, 1.807) is 16.9 Å². The molecule has 3 rings (SSSR count). The van der Waals surface area contributed by atoms with Crippen molar-refractivity contribution in [3.8, 4) is 11.3 Å². The van der Waals surface area contributed by atoms with E-state index in [-0.39, 0.29) is 0 Å². The fraction of sp³-hybridized carbons (Fsp3) is 0.308. The molecule has 6 heteroatoms. The first kappa shape index (κ1) is 11.7. The number of hydrogen-bond acceptors (Lipinski definition) is 4. The highest BCUT2D eigenvalue weighted by Gasteiger charge is 2.17. The van der Waals surface area contributed by atoms with Gasteiger partial charge < -0.3 is 5.73 Å². The van der Waals surface area contributed by atoms with Crippen LogP contribution < -0.4 is 5.73 Å². The maximum atomic E-state index is 5.95. The Morgan fingerprint density at radius 1 is 1.37 bits per heavy atom. The number of nitrogens with zero attached hydrogens (tertiary/aromatic N) is 4. The Morgan fingerprint density at radius 2 is 2.21 bits per heavy atom. The van der Waals surface area contributed by atoms with Gasteiger partial charge in [-0.15, -0.1) is 0 Å². The third-order valence-corrected chi connectivity index (χ3v) is 3.11. The molecule has 3 N–H and O–H groups in total. The van der Waals surface area contributed by atoms with Crippen molar-refractivity contribution < 1.29 is 0 Å². The van der Waals surface area contributed by atoms with Gasteiger partial charge in [-0.3, -0.25) is 10.1 Å². The largest absolute Gasteiger partial charge is 0.382 e. The van der Waals surface area contributed by atoms with Gasteiger partial charge in [0.25, 0.3) is 0 Å². The lowest BCUT2D eigenvalue weighted by Gasteiger charge is -2.06. The van der Waals surface area contributed by atoms with Gasteiger partial charge in [0, 0.05) is 23.5 Å². The average Bonchev–Trinajstić information content (AvgIpc) is 2.94. The molecule has 3 aromatic rings. The van der Waals surface area contributed by atoms with E-state index in [1.807, 2.05) is 12.4 Å². The molecule has 0 atom stereocenters. The summed E-state index contributed by atoms with van der Waals surface area (Å²) in [6.45, 7) is 4.32. The molecule has 6 nitrogen and oxygen atoms in total. The molecule has 0 amide bonds. The Morgan fingerprint density at radius 3 is 3.00 bits per heavy atom. The summed E-state index contributed by atoms with van der Waals surface area (Å²) in [5, 5.41) is 11.5. The van der Waals surface area contributed by atoms with Gasteiger partial charge in [0.2, 0.25) is 0 Å². The standard InChI is InChI=1S/C13H16N6/c1-8(2)5-9-12(17-18-13(9)14)10-6-16-19-4-3-15-7-11(10)19/h3-4,6-8H,5H2,1-2H3,(H3,14,17,18). The van der Waals surface area contributed by atoms with Crippen LogP contribution in [0.2, 0.25) is 0 Å². The van der Waals surface area contributed by atoms with Gasteiger partial charge >= 0.3 is 0 Å². The van der Waals surface area contributed by atoms with Crippen molar-refractivity contribution in [3.63, 3.8) is 0 Å². The molecule has 0 saturated carbocycles. The Balaban J connectivity index is 2.16. The Hall–Kier alpha value is -2.37. The summed E-state index contributed by atoms with van der Waals surface area (Å²) in [6.07, 6.45) is 8.02. The predicted octanol–water partition coefficient (Wildman–Crippen LogP) is 1.90. The van der Waals surface area contributed by atoms with Crippen molar-refractivity contribution in [3.05, 3.63) is 30.4 Å². The van der Waals surface area contributed by atoms with Crippen LogP contribution in [0.3, 0.4) is 0 Å². The fourth-order valence-electron chi connectivity index (χ4n) is 2.24. The van der Waals surface area contributed by atoms with Crippen LogP contribution >= 0.6 is 0 Å². The van der Waals surface area contributed by atoms with E-state index in [2.05, 4.69) is 34.1 Å². The number of aromatic amines is 1. The molecule has 0 spiro atoms. The number of fused-ring (bicyclic) bond motifs is 1. The van der Waals surface area contributed by atoms with Crippen molar-refractivity contribution in [1.82, 2.24) is 24.8 Å². The smallest absolute Gasteiger partial charge is 0.149 e. The SMILES string of the molecule is CC(C)Cc1c(N)n[nH]c1-c1cnn2ccncc12. The minimum absolute atomic E-state index is 0.513. The number of hydrogen-bond donors (Lipinski definition) is 2. The van der Waals surface area contributed by atoms with E-state index in [0.717, 1.165) is 28.8 Å². The summed E-state index contributed by atoms with van der Waals surface area (Å²) in [5.41, 5.74) is 9.86. The molecule has 0 aliphatic rings. The number of aromatic nitrogens is 5. The van der Waals surface area contributed by atoms with Gasteiger partial charge in [-0.05, 0) is 12.3 Å². The summed E-state index contributed by atoms with van der Waals surface area (Å²) in [4.78, 5) is 4.14. The molecule has 3 aromatic heterocycles. The Bertz CT molecular complexity index is 709. The molecule has 0 aliphatic heterocycles. The maximum Gasteiger partial charge on any atom is 0.149 e. The summed E-state index contributed by atoms with van der Waals surface area (Å²) < 4.78 is 1.79. The van der Waals surface area contributed by atoms with E-state index >= 15 is 0 Å². The first-order chi connectivity index (χ1) is 9.16. The van der Waals surface area contributed by atoms with Gasteiger partial charge in [-0.1, -0.05) is 13.8 Å².